The van der Waals surface area contributed by atoms with Gasteiger partial charge >= 0.3 is 16.4 Å². The molecule has 9 heteroatoms. The number of phenolic OH excluding ortho intramolecular Hbond substituents is 1. The predicted octanol–water partition coefficient (Wildman–Crippen LogP) is -0.396. The lowest BCUT2D eigenvalue weighted by Gasteiger charge is -2.06. The summed E-state index contributed by atoms with van der Waals surface area (Å²) in [5.74, 6) is 1.93. The lowest BCUT2D eigenvalue weighted by Crippen LogP contribution is -2.17. The van der Waals surface area contributed by atoms with Gasteiger partial charge in [0.05, 0.1) is 5.56 Å². The predicted molar refractivity (Wildman–Crippen MR) is 49.9 cm³/mol. The summed E-state index contributed by atoms with van der Waals surface area (Å²) in [6.07, 6.45) is 0. The molecule has 0 aliphatic heterocycles. The molecule has 8 nitrogen and oxygen atoms in total. The van der Waals surface area contributed by atoms with Crippen LogP contribution in [0.2, 0.25) is 0 Å². The molecule has 1 aromatic carbocycles. The van der Waals surface area contributed by atoms with Crippen molar-refractivity contribution in [2.24, 2.45) is 5.90 Å². The molecule has 88 valence electrons. The van der Waals surface area contributed by atoms with E-state index in [1.807, 2.05) is 0 Å². The average Bonchev–Trinajstić information content (AvgIpc) is 2.21. The quantitative estimate of drug-likeness (QED) is 0.613. The number of carboxylic acids is 1. The van der Waals surface area contributed by atoms with Gasteiger partial charge < -0.3 is 14.4 Å². The molecule has 0 saturated heterocycles. The lowest BCUT2D eigenvalue weighted by molar-refractivity contribution is 0.0696. The van der Waals surface area contributed by atoms with Gasteiger partial charge in [-0.15, -0.1) is 0 Å². The number of benzene rings is 1. The summed E-state index contributed by atoms with van der Waals surface area (Å²) in [4.78, 5) is 10.6. The molecule has 0 aromatic heterocycles. The zero-order valence-corrected chi connectivity index (χ0v) is 8.47. The molecule has 0 aliphatic carbocycles. The highest BCUT2D eigenvalue weighted by atomic mass is 32.3. The van der Waals surface area contributed by atoms with E-state index in [0.29, 0.717) is 0 Å². The van der Waals surface area contributed by atoms with Crippen molar-refractivity contribution in [2.75, 3.05) is 0 Å². The monoisotopic (exact) mass is 249 g/mol. The van der Waals surface area contributed by atoms with Gasteiger partial charge in [-0.3, -0.25) is 0 Å². The van der Waals surface area contributed by atoms with Crippen molar-refractivity contribution in [3.05, 3.63) is 23.8 Å². The highest BCUT2D eigenvalue weighted by molar-refractivity contribution is 7.82. The van der Waals surface area contributed by atoms with Crippen molar-refractivity contribution in [1.82, 2.24) is 0 Å². The van der Waals surface area contributed by atoms with Crippen LogP contribution in [0.25, 0.3) is 0 Å². The number of aromatic hydroxyl groups is 1. The normalized spacial score (nSPS) is 11.1. The summed E-state index contributed by atoms with van der Waals surface area (Å²) >= 11 is 0. The van der Waals surface area contributed by atoms with Crippen LogP contribution in [-0.2, 0) is 14.7 Å². The van der Waals surface area contributed by atoms with Gasteiger partial charge in [-0.2, -0.15) is 18.6 Å². The lowest BCUT2D eigenvalue weighted by atomic mass is 10.2. The Morgan fingerprint density at radius 2 is 2.00 bits per heavy atom. The van der Waals surface area contributed by atoms with E-state index >= 15 is 0 Å². The van der Waals surface area contributed by atoms with Crippen LogP contribution >= 0.6 is 0 Å². The number of aromatic carboxylic acids is 1. The topological polar surface area (TPSA) is 136 Å². The standard InChI is InChI=1S/C7H7NO7S/c8-15-16(12,13)14-6-3-4(7(10)11)1-2-5(6)9/h1-3,9H,8H2,(H,10,11). The molecule has 0 heterocycles. The van der Waals surface area contributed by atoms with Crippen LogP contribution in [0.3, 0.4) is 0 Å². The summed E-state index contributed by atoms with van der Waals surface area (Å²) < 4.78 is 29.2. The Balaban J connectivity index is 3.13. The number of hydrogen-bond donors (Lipinski definition) is 3. The van der Waals surface area contributed by atoms with E-state index in [2.05, 4.69) is 14.4 Å². The van der Waals surface area contributed by atoms with Gasteiger partial charge in [0.2, 0.25) is 0 Å². The molecule has 16 heavy (non-hydrogen) atoms. The molecule has 0 spiro atoms. The smallest absolute Gasteiger partial charge is 0.465 e. The van der Waals surface area contributed by atoms with Crippen molar-refractivity contribution in [1.29, 1.82) is 0 Å². The highest BCUT2D eigenvalue weighted by Gasteiger charge is 2.17. The summed E-state index contributed by atoms with van der Waals surface area (Å²) in [7, 11) is -4.51. The molecule has 0 unspecified atom stereocenters. The average molecular weight is 249 g/mol. The Bertz CT molecular complexity index is 509. The molecule has 4 N–H and O–H groups in total. The van der Waals surface area contributed by atoms with Crippen LogP contribution in [0.1, 0.15) is 10.4 Å². The fourth-order valence-electron chi connectivity index (χ4n) is 0.844. The van der Waals surface area contributed by atoms with Crippen molar-refractivity contribution >= 4 is 16.4 Å². The molecular formula is C7H7NO7S. The van der Waals surface area contributed by atoms with Crippen LogP contribution in [-0.4, -0.2) is 24.6 Å². The zero-order valence-electron chi connectivity index (χ0n) is 7.65. The second kappa shape index (κ2) is 4.35. The third-order valence-electron chi connectivity index (χ3n) is 1.52. The summed E-state index contributed by atoms with van der Waals surface area (Å²) in [6.45, 7) is 0. The number of carboxylic acid groups (broad SMARTS) is 1. The Hall–Kier alpha value is -1.84. The first-order chi connectivity index (χ1) is 7.35. The zero-order chi connectivity index (χ0) is 12.3. The van der Waals surface area contributed by atoms with Gasteiger partial charge in [-0.25, -0.2) is 4.79 Å². The fraction of sp³-hybridized carbons (Fsp3) is 0. The Morgan fingerprint density at radius 3 is 2.50 bits per heavy atom. The molecule has 0 saturated carbocycles. The third-order valence-corrected chi connectivity index (χ3v) is 2.14. The van der Waals surface area contributed by atoms with E-state index in [-0.39, 0.29) is 5.56 Å². The highest BCUT2D eigenvalue weighted by Crippen LogP contribution is 2.28. The molecule has 0 amide bonds. The number of hydrogen-bond acceptors (Lipinski definition) is 7. The maximum absolute atomic E-state index is 10.8. The van der Waals surface area contributed by atoms with Crippen molar-refractivity contribution in [3.63, 3.8) is 0 Å². The van der Waals surface area contributed by atoms with E-state index in [4.69, 9.17) is 5.11 Å². The molecule has 0 radical (unpaired) electrons. The van der Waals surface area contributed by atoms with E-state index in [9.17, 15) is 18.3 Å². The van der Waals surface area contributed by atoms with E-state index < -0.39 is 27.9 Å². The van der Waals surface area contributed by atoms with Crippen molar-refractivity contribution < 1.29 is 31.9 Å². The van der Waals surface area contributed by atoms with Gasteiger partial charge in [-0.1, -0.05) is 0 Å². The van der Waals surface area contributed by atoms with E-state index in [0.717, 1.165) is 18.2 Å². The van der Waals surface area contributed by atoms with Crippen LogP contribution in [0, 0.1) is 0 Å². The summed E-state index contributed by atoms with van der Waals surface area (Å²) in [5.41, 5.74) is -0.264. The van der Waals surface area contributed by atoms with Crippen molar-refractivity contribution in [3.8, 4) is 11.5 Å². The minimum absolute atomic E-state index is 0.264. The maximum atomic E-state index is 10.8. The molecular weight excluding hydrogens is 242 g/mol. The number of phenols is 1. The summed E-state index contributed by atoms with van der Waals surface area (Å²) in [6, 6.07) is 2.85. The minimum atomic E-state index is -4.51. The fourth-order valence-corrected chi connectivity index (χ4v) is 1.24. The second-order valence-electron chi connectivity index (χ2n) is 2.58. The molecule has 0 atom stereocenters. The Labute approximate surface area is 90.1 Å². The summed E-state index contributed by atoms with van der Waals surface area (Å²) in [5, 5.41) is 17.8. The van der Waals surface area contributed by atoms with Crippen molar-refractivity contribution in [2.45, 2.75) is 0 Å². The Kier molecular flexibility index (Phi) is 3.32. The van der Waals surface area contributed by atoms with Crippen LogP contribution in [0.4, 0.5) is 0 Å². The van der Waals surface area contributed by atoms with Crippen LogP contribution in [0.5, 0.6) is 11.5 Å². The SMILES string of the molecule is NOS(=O)(=O)Oc1cc(C(=O)O)ccc1O. The van der Waals surface area contributed by atoms with Gasteiger partial charge in [0.25, 0.3) is 0 Å². The first-order valence-corrected chi connectivity index (χ1v) is 5.08. The number of carbonyl (C=O) groups is 1. The molecule has 0 bridgehead atoms. The molecule has 1 aromatic rings. The van der Waals surface area contributed by atoms with Gasteiger partial charge in [0, 0.05) is 6.07 Å². The second-order valence-corrected chi connectivity index (χ2v) is 3.75. The molecule has 0 fully saturated rings. The molecule has 1 rings (SSSR count). The first-order valence-electron chi connectivity index (χ1n) is 3.75. The van der Waals surface area contributed by atoms with Crippen LogP contribution < -0.4 is 10.1 Å². The van der Waals surface area contributed by atoms with Gasteiger partial charge in [0.1, 0.15) is 0 Å². The number of rotatable bonds is 4. The Morgan fingerprint density at radius 1 is 1.38 bits per heavy atom. The van der Waals surface area contributed by atoms with E-state index in [1.165, 1.54) is 0 Å². The molecule has 0 aliphatic rings. The van der Waals surface area contributed by atoms with Crippen LogP contribution in [0.15, 0.2) is 18.2 Å². The maximum Gasteiger partial charge on any atom is 0.465 e. The van der Waals surface area contributed by atoms with Gasteiger partial charge in [-0.05, 0) is 12.1 Å². The number of nitrogens with two attached hydrogens (primary N) is 1. The largest absolute Gasteiger partial charge is 0.504 e. The first kappa shape index (κ1) is 12.2. The minimum Gasteiger partial charge on any atom is -0.504 e. The third kappa shape index (κ3) is 2.82. The van der Waals surface area contributed by atoms with Gasteiger partial charge in [0.15, 0.2) is 11.5 Å². The van der Waals surface area contributed by atoms with E-state index in [1.54, 1.807) is 0 Å².